The summed E-state index contributed by atoms with van der Waals surface area (Å²) in [6.45, 7) is 3.96. The van der Waals surface area contributed by atoms with Crippen LogP contribution in [0.25, 0.3) is 0 Å². The van der Waals surface area contributed by atoms with Crippen molar-refractivity contribution in [2.75, 3.05) is 11.9 Å². The number of aromatic nitrogens is 3. The minimum atomic E-state index is -0.572. The molecule has 3 rings (SSSR count). The van der Waals surface area contributed by atoms with Crippen LogP contribution in [0.1, 0.15) is 25.5 Å². The number of nitrogens with one attached hydrogen (secondary N) is 1. The lowest BCUT2D eigenvalue weighted by molar-refractivity contribution is -0.115. The summed E-state index contributed by atoms with van der Waals surface area (Å²) < 4.78 is 7.49. The van der Waals surface area contributed by atoms with E-state index in [1.165, 1.54) is 6.33 Å². The van der Waals surface area contributed by atoms with Crippen LogP contribution in [-0.4, -0.2) is 32.4 Å². The van der Waals surface area contributed by atoms with Crippen molar-refractivity contribution in [3.8, 4) is 11.5 Å². The molecule has 0 radical (unpaired) electrons. The number of allylic oxidation sites excluding steroid dienone is 1. The van der Waals surface area contributed by atoms with Crippen LogP contribution < -0.4 is 15.8 Å². The number of nitrogens with zero attached hydrogens (tertiary/aromatic N) is 3. The number of fused-ring (bicyclic) bond motifs is 1. The SMILES string of the molecule is CCOc1cc([C@@H]2C(C(N)=O)=C(C)Nc3ncnn32)cc(Br)c1O. The molecule has 0 saturated carbocycles. The summed E-state index contributed by atoms with van der Waals surface area (Å²) in [7, 11) is 0. The van der Waals surface area contributed by atoms with Crippen molar-refractivity contribution in [2.45, 2.75) is 19.9 Å². The second-order valence-electron chi connectivity index (χ2n) is 5.24. The normalized spacial score (nSPS) is 16.5. The molecule has 0 bridgehead atoms. The first-order valence-electron chi connectivity index (χ1n) is 7.26. The van der Waals surface area contributed by atoms with Crippen molar-refractivity contribution in [1.29, 1.82) is 0 Å². The number of aromatic hydroxyl groups is 1. The Morgan fingerprint density at radius 3 is 2.96 bits per heavy atom. The van der Waals surface area contributed by atoms with Gasteiger partial charge in [0.25, 0.3) is 0 Å². The summed E-state index contributed by atoms with van der Waals surface area (Å²) in [5.74, 6) is 0.246. The van der Waals surface area contributed by atoms with Crippen LogP contribution in [0, 0.1) is 0 Å². The van der Waals surface area contributed by atoms with Gasteiger partial charge in [-0.15, -0.1) is 0 Å². The Labute approximate surface area is 146 Å². The average molecular weight is 394 g/mol. The number of nitrogens with two attached hydrogens (primary N) is 1. The van der Waals surface area contributed by atoms with Gasteiger partial charge in [0.05, 0.1) is 16.7 Å². The van der Waals surface area contributed by atoms with Crippen LogP contribution in [0.5, 0.6) is 11.5 Å². The van der Waals surface area contributed by atoms with Crippen molar-refractivity contribution >= 4 is 27.8 Å². The number of hydrogen-bond donors (Lipinski definition) is 3. The predicted molar refractivity (Wildman–Crippen MR) is 90.7 cm³/mol. The Hall–Kier alpha value is -2.55. The largest absolute Gasteiger partial charge is 0.503 e. The van der Waals surface area contributed by atoms with Crippen LogP contribution in [0.4, 0.5) is 5.95 Å². The molecule has 1 aliphatic rings. The van der Waals surface area contributed by atoms with Crippen LogP contribution in [0.3, 0.4) is 0 Å². The highest BCUT2D eigenvalue weighted by molar-refractivity contribution is 9.10. The lowest BCUT2D eigenvalue weighted by Crippen LogP contribution is -2.31. The van der Waals surface area contributed by atoms with E-state index in [1.807, 2.05) is 6.92 Å². The molecule has 1 aromatic carbocycles. The Morgan fingerprint density at radius 1 is 1.54 bits per heavy atom. The molecule has 1 aromatic heterocycles. The number of phenols is 1. The van der Waals surface area contributed by atoms with Gasteiger partial charge in [-0.2, -0.15) is 10.1 Å². The molecule has 1 amide bonds. The summed E-state index contributed by atoms with van der Waals surface area (Å²) >= 11 is 3.31. The summed E-state index contributed by atoms with van der Waals surface area (Å²) in [4.78, 5) is 16.2. The maximum Gasteiger partial charge on any atom is 0.248 e. The van der Waals surface area contributed by atoms with E-state index < -0.39 is 11.9 Å². The molecule has 1 aliphatic heterocycles. The van der Waals surface area contributed by atoms with Crippen molar-refractivity contribution in [3.05, 3.63) is 39.8 Å². The number of phenolic OH excluding ortho intramolecular Hbond substituents is 1. The van der Waals surface area contributed by atoms with Crippen molar-refractivity contribution in [3.63, 3.8) is 0 Å². The molecule has 2 aromatic rings. The molecule has 24 heavy (non-hydrogen) atoms. The summed E-state index contributed by atoms with van der Waals surface area (Å²) in [6.07, 6.45) is 1.39. The zero-order valence-electron chi connectivity index (χ0n) is 13.1. The van der Waals surface area contributed by atoms with Gasteiger partial charge >= 0.3 is 0 Å². The first kappa shape index (κ1) is 16.3. The summed E-state index contributed by atoms with van der Waals surface area (Å²) in [5.41, 5.74) is 7.25. The van der Waals surface area contributed by atoms with E-state index in [2.05, 4.69) is 31.3 Å². The maximum atomic E-state index is 12.0. The Kier molecular flexibility index (Phi) is 4.18. The van der Waals surface area contributed by atoms with Crippen molar-refractivity contribution in [1.82, 2.24) is 14.8 Å². The monoisotopic (exact) mass is 393 g/mol. The predicted octanol–water partition coefficient (Wildman–Crippen LogP) is 1.92. The standard InChI is InChI=1S/C15H16BrN5O3/c1-3-24-10-5-8(4-9(16)13(10)22)12-11(14(17)23)7(2)20-15-18-6-19-21(12)15/h4-6,12,22H,3H2,1-2H3,(H2,17,23)(H,18,19,20)/t12-/m1/s1. The van der Waals surface area contributed by atoms with Gasteiger partial charge in [0, 0.05) is 5.70 Å². The fraction of sp³-hybridized carbons (Fsp3) is 0.267. The molecule has 9 heteroatoms. The number of carbonyl (C=O) groups is 1. The van der Waals surface area contributed by atoms with Crippen LogP contribution in [0.15, 0.2) is 34.2 Å². The van der Waals surface area contributed by atoms with Gasteiger partial charge in [0.1, 0.15) is 12.4 Å². The minimum Gasteiger partial charge on any atom is -0.503 e. The second kappa shape index (κ2) is 6.16. The molecule has 1 atom stereocenters. The first-order valence-corrected chi connectivity index (χ1v) is 8.05. The molecular formula is C15H16BrN5O3. The third-order valence-electron chi connectivity index (χ3n) is 3.73. The van der Waals surface area contributed by atoms with Gasteiger partial charge < -0.3 is 20.9 Å². The first-order chi connectivity index (χ1) is 11.4. The van der Waals surface area contributed by atoms with Gasteiger partial charge in [-0.3, -0.25) is 4.79 Å². The third-order valence-corrected chi connectivity index (χ3v) is 4.33. The summed E-state index contributed by atoms with van der Waals surface area (Å²) in [6, 6.07) is 2.80. The highest BCUT2D eigenvalue weighted by Gasteiger charge is 2.33. The number of halogens is 1. The van der Waals surface area contributed by atoms with E-state index >= 15 is 0 Å². The quantitative estimate of drug-likeness (QED) is 0.730. The number of benzene rings is 1. The van der Waals surface area contributed by atoms with Crippen LogP contribution >= 0.6 is 15.9 Å². The molecule has 0 aliphatic carbocycles. The van der Waals surface area contributed by atoms with Crippen molar-refractivity contribution < 1.29 is 14.6 Å². The smallest absolute Gasteiger partial charge is 0.248 e. The molecule has 0 spiro atoms. The molecule has 4 N–H and O–H groups in total. The molecular weight excluding hydrogens is 378 g/mol. The van der Waals surface area contributed by atoms with Gasteiger partial charge in [0.15, 0.2) is 11.5 Å². The number of rotatable bonds is 4. The van der Waals surface area contributed by atoms with Crippen LogP contribution in [-0.2, 0) is 4.79 Å². The van der Waals surface area contributed by atoms with Crippen LogP contribution in [0.2, 0.25) is 0 Å². The Balaban J connectivity index is 2.21. The lowest BCUT2D eigenvalue weighted by Gasteiger charge is -2.28. The highest BCUT2D eigenvalue weighted by Crippen LogP contribution is 2.41. The van der Waals surface area contributed by atoms with Gasteiger partial charge in [-0.1, -0.05) is 0 Å². The average Bonchev–Trinajstić information content (AvgIpc) is 2.97. The highest BCUT2D eigenvalue weighted by atomic mass is 79.9. The van der Waals surface area contributed by atoms with E-state index in [4.69, 9.17) is 10.5 Å². The molecule has 0 unspecified atom stereocenters. The number of carbonyl (C=O) groups excluding carboxylic acids is 1. The number of primary amides is 1. The Bertz CT molecular complexity index is 846. The third kappa shape index (κ3) is 2.60. The van der Waals surface area contributed by atoms with E-state index in [0.717, 1.165) is 0 Å². The maximum absolute atomic E-state index is 12.0. The van der Waals surface area contributed by atoms with E-state index in [-0.39, 0.29) is 5.75 Å². The molecule has 8 nitrogen and oxygen atoms in total. The molecule has 0 fully saturated rings. The van der Waals surface area contributed by atoms with E-state index in [0.29, 0.717) is 39.6 Å². The second-order valence-corrected chi connectivity index (χ2v) is 6.10. The van der Waals surface area contributed by atoms with E-state index in [1.54, 1.807) is 23.7 Å². The van der Waals surface area contributed by atoms with E-state index in [9.17, 15) is 9.90 Å². The number of amides is 1. The van der Waals surface area contributed by atoms with Gasteiger partial charge in [0.2, 0.25) is 11.9 Å². The topological polar surface area (TPSA) is 115 Å². The zero-order valence-corrected chi connectivity index (χ0v) is 14.7. The minimum absolute atomic E-state index is 0.00493. The van der Waals surface area contributed by atoms with Gasteiger partial charge in [-0.05, 0) is 47.5 Å². The molecule has 0 saturated heterocycles. The fourth-order valence-electron chi connectivity index (χ4n) is 2.74. The van der Waals surface area contributed by atoms with Crippen molar-refractivity contribution in [2.24, 2.45) is 5.73 Å². The number of hydrogen-bond acceptors (Lipinski definition) is 6. The molecule has 2 heterocycles. The zero-order chi connectivity index (χ0) is 17.4. The lowest BCUT2D eigenvalue weighted by atomic mass is 9.95. The van der Waals surface area contributed by atoms with Gasteiger partial charge in [-0.25, -0.2) is 4.68 Å². The fourth-order valence-corrected chi connectivity index (χ4v) is 3.20. The Morgan fingerprint density at radius 2 is 2.29 bits per heavy atom. The number of ether oxygens (including phenoxy) is 1. The molecule has 126 valence electrons. The number of anilines is 1. The summed E-state index contributed by atoms with van der Waals surface area (Å²) in [5, 5.41) is 17.3.